The van der Waals surface area contributed by atoms with Gasteiger partial charge in [0.15, 0.2) is 0 Å². The molecule has 0 fully saturated rings. The van der Waals surface area contributed by atoms with Crippen molar-refractivity contribution in [1.82, 2.24) is 5.48 Å². The molecule has 0 atom stereocenters. The van der Waals surface area contributed by atoms with Gasteiger partial charge in [0.1, 0.15) is 6.26 Å². The summed E-state index contributed by atoms with van der Waals surface area (Å²) in [6.45, 7) is 3.97. The van der Waals surface area contributed by atoms with Gasteiger partial charge in [-0.15, -0.1) is 5.48 Å². The molecule has 1 radical (unpaired) electrons. The Kier molecular flexibility index (Phi) is 1.02. The fourth-order valence-electron chi connectivity index (χ4n) is 0.375. The average Bonchev–Trinajstić information content (AvgIpc) is 1.91. The smallest absolute Gasteiger partial charge is 0.112 e. The molecule has 0 bridgehead atoms. The van der Waals surface area contributed by atoms with E-state index in [4.69, 9.17) is 4.84 Å². The van der Waals surface area contributed by atoms with E-state index in [2.05, 4.69) is 5.48 Å². The van der Waals surface area contributed by atoms with Crippen LogP contribution >= 0.6 is 0 Å². The van der Waals surface area contributed by atoms with Gasteiger partial charge < -0.3 is 4.84 Å². The monoisotopic (exact) mass is 98.1 g/mol. The van der Waals surface area contributed by atoms with Crippen molar-refractivity contribution in [3.8, 4) is 0 Å². The van der Waals surface area contributed by atoms with Crippen molar-refractivity contribution in [3.05, 3.63) is 17.9 Å². The van der Waals surface area contributed by atoms with Gasteiger partial charge >= 0.3 is 0 Å². The minimum Gasteiger partial charge on any atom is -0.416 e. The summed E-state index contributed by atoms with van der Waals surface area (Å²) in [4.78, 5) is 4.72. The molecule has 0 aromatic heterocycles. The van der Waals surface area contributed by atoms with Crippen LogP contribution in [-0.2, 0) is 4.84 Å². The highest BCUT2D eigenvalue weighted by Gasteiger charge is 2.09. The van der Waals surface area contributed by atoms with Crippen LogP contribution in [0.3, 0.4) is 0 Å². The van der Waals surface area contributed by atoms with Gasteiger partial charge in [-0.1, -0.05) is 0 Å². The molecule has 1 rings (SSSR count). The van der Waals surface area contributed by atoms with Crippen molar-refractivity contribution < 1.29 is 4.84 Å². The first-order chi connectivity index (χ1) is 3.30. The van der Waals surface area contributed by atoms with E-state index >= 15 is 0 Å². The Morgan fingerprint density at radius 3 is 2.43 bits per heavy atom. The van der Waals surface area contributed by atoms with Gasteiger partial charge in [0.05, 0.1) is 6.04 Å². The fraction of sp³-hybridized carbons (Fsp3) is 0.400. The van der Waals surface area contributed by atoms with Gasteiger partial charge in [0.2, 0.25) is 0 Å². The molecule has 2 nitrogen and oxygen atoms in total. The Labute approximate surface area is 43.1 Å². The Bertz CT molecular complexity index is 98.3. The van der Waals surface area contributed by atoms with Gasteiger partial charge in [0, 0.05) is 0 Å². The predicted octanol–water partition coefficient (Wildman–Crippen LogP) is 0.977. The molecule has 0 amide bonds. The molecular weight excluding hydrogens is 90.1 g/mol. The van der Waals surface area contributed by atoms with Crippen LogP contribution in [0, 0.1) is 6.04 Å². The molecule has 0 aliphatic carbocycles. The van der Waals surface area contributed by atoms with Crippen molar-refractivity contribution in [2.75, 3.05) is 0 Å². The summed E-state index contributed by atoms with van der Waals surface area (Å²) in [7, 11) is 0. The van der Waals surface area contributed by atoms with E-state index in [1.54, 1.807) is 6.26 Å². The van der Waals surface area contributed by atoms with E-state index < -0.39 is 0 Å². The quantitative estimate of drug-likeness (QED) is 0.487. The first-order valence-electron chi connectivity index (χ1n) is 2.23. The van der Waals surface area contributed by atoms with Crippen LogP contribution in [-0.4, -0.2) is 0 Å². The van der Waals surface area contributed by atoms with Crippen LogP contribution in [0.1, 0.15) is 13.8 Å². The molecule has 0 unspecified atom stereocenters. The maximum absolute atomic E-state index is 4.72. The van der Waals surface area contributed by atoms with Crippen molar-refractivity contribution >= 4 is 0 Å². The molecule has 1 aliphatic rings. The van der Waals surface area contributed by atoms with Crippen molar-refractivity contribution in [2.24, 2.45) is 0 Å². The normalized spacial score (nSPS) is 21.7. The summed E-state index contributed by atoms with van der Waals surface area (Å²) >= 11 is 0. The maximum Gasteiger partial charge on any atom is 0.112 e. The molecule has 1 heterocycles. The first-order valence-corrected chi connectivity index (χ1v) is 2.23. The largest absolute Gasteiger partial charge is 0.416 e. The molecule has 0 saturated heterocycles. The second-order valence-corrected chi connectivity index (χ2v) is 1.65. The van der Waals surface area contributed by atoms with Gasteiger partial charge in [-0.2, -0.15) is 0 Å². The molecule has 7 heavy (non-hydrogen) atoms. The van der Waals surface area contributed by atoms with E-state index in [0.29, 0.717) is 0 Å². The van der Waals surface area contributed by atoms with Crippen LogP contribution in [0.25, 0.3) is 0 Å². The highest BCUT2D eigenvalue weighted by Crippen LogP contribution is 2.12. The highest BCUT2D eigenvalue weighted by molar-refractivity contribution is 5.17. The van der Waals surface area contributed by atoms with Crippen molar-refractivity contribution in [1.29, 1.82) is 0 Å². The molecule has 1 N–H and O–H groups in total. The molecule has 0 aromatic carbocycles. The molecule has 1 aliphatic heterocycles. The van der Waals surface area contributed by atoms with E-state index in [0.717, 1.165) is 6.04 Å². The molecule has 39 valence electrons. The number of rotatable bonds is 0. The Morgan fingerprint density at radius 2 is 2.29 bits per heavy atom. The SMILES string of the molecule is C[C]1NOC=C1C. The summed E-state index contributed by atoms with van der Waals surface area (Å²) in [5, 5.41) is 0. The zero-order valence-corrected chi connectivity index (χ0v) is 4.49. The third-order valence-corrected chi connectivity index (χ3v) is 1.04. The number of hydroxylamine groups is 1. The predicted molar refractivity (Wildman–Crippen MR) is 26.9 cm³/mol. The van der Waals surface area contributed by atoms with Crippen LogP contribution < -0.4 is 5.48 Å². The van der Waals surface area contributed by atoms with Crippen LogP contribution in [0.4, 0.5) is 0 Å². The number of nitrogens with one attached hydrogen (secondary N) is 1. The van der Waals surface area contributed by atoms with E-state index in [9.17, 15) is 0 Å². The highest BCUT2D eigenvalue weighted by atomic mass is 16.6. The summed E-state index contributed by atoms with van der Waals surface area (Å²) in [5.74, 6) is 0. The zero-order chi connectivity index (χ0) is 5.28. The number of hydrogen-bond donors (Lipinski definition) is 1. The van der Waals surface area contributed by atoms with E-state index in [1.807, 2.05) is 13.8 Å². The Hall–Kier alpha value is -0.500. The fourth-order valence-corrected chi connectivity index (χ4v) is 0.375. The summed E-state index contributed by atoms with van der Waals surface area (Å²) in [6, 6.07) is 1.10. The lowest BCUT2D eigenvalue weighted by molar-refractivity contribution is 0.171. The van der Waals surface area contributed by atoms with Gasteiger partial charge in [-0.25, -0.2) is 0 Å². The topological polar surface area (TPSA) is 21.3 Å². The lowest BCUT2D eigenvalue weighted by Gasteiger charge is -1.97. The standard InChI is InChI=1S/C5H8NO/c1-4-3-7-6-5(4)2/h3,6H,1-2H3. The summed E-state index contributed by atoms with van der Waals surface area (Å²) in [5.41, 5.74) is 3.86. The number of hydrogen-bond acceptors (Lipinski definition) is 2. The van der Waals surface area contributed by atoms with Gasteiger partial charge in [0.25, 0.3) is 0 Å². The van der Waals surface area contributed by atoms with Crippen LogP contribution in [0.5, 0.6) is 0 Å². The average molecular weight is 98.1 g/mol. The van der Waals surface area contributed by atoms with Crippen molar-refractivity contribution in [3.63, 3.8) is 0 Å². The van der Waals surface area contributed by atoms with Crippen LogP contribution in [0.2, 0.25) is 0 Å². The molecule has 0 aromatic rings. The molecule has 0 spiro atoms. The van der Waals surface area contributed by atoms with Gasteiger partial charge in [-0.05, 0) is 19.4 Å². The first kappa shape index (κ1) is 4.65. The van der Waals surface area contributed by atoms with E-state index in [1.165, 1.54) is 5.57 Å². The molecule has 2 heteroatoms. The lowest BCUT2D eigenvalue weighted by Crippen LogP contribution is -2.08. The molecular formula is C5H8NO. The minimum atomic E-state index is 1.10. The van der Waals surface area contributed by atoms with Crippen molar-refractivity contribution in [2.45, 2.75) is 13.8 Å². The summed E-state index contributed by atoms with van der Waals surface area (Å²) < 4.78 is 0. The third-order valence-electron chi connectivity index (χ3n) is 1.04. The zero-order valence-electron chi connectivity index (χ0n) is 4.49. The lowest BCUT2D eigenvalue weighted by atomic mass is 10.2. The van der Waals surface area contributed by atoms with E-state index in [-0.39, 0.29) is 0 Å². The second kappa shape index (κ2) is 1.54. The van der Waals surface area contributed by atoms with Gasteiger partial charge in [-0.3, -0.25) is 0 Å². The summed E-state index contributed by atoms with van der Waals surface area (Å²) in [6.07, 6.45) is 1.69. The maximum atomic E-state index is 4.72. The van der Waals surface area contributed by atoms with Crippen LogP contribution in [0.15, 0.2) is 11.8 Å². The minimum absolute atomic E-state index is 1.10. The Morgan fingerprint density at radius 1 is 1.57 bits per heavy atom. The Balaban J connectivity index is 2.54. The molecule has 0 saturated carbocycles. The third kappa shape index (κ3) is 0.747. The second-order valence-electron chi connectivity index (χ2n) is 1.65.